The fourth-order valence-corrected chi connectivity index (χ4v) is 3.17. The van der Waals surface area contributed by atoms with Crippen molar-refractivity contribution >= 4 is 5.91 Å². The van der Waals surface area contributed by atoms with Gasteiger partial charge < -0.3 is 5.32 Å². The van der Waals surface area contributed by atoms with Gasteiger partial charge in [-0.3, -0.25) is 4.79 Å². The monoisotopic (exact) mass is 377 g/mol. The number of carbonyl (C=O) groups is 1. The van der Waals surface area contributed by atoms with Gasteiger partial charge in [0.05, 0.1) is 11.6 Å². The van der Waals surface area contributed by atoms with Gasteiger partial charge in [0.1, 0.15) is 12.7 Å². The van der Waals surface area contributed by atoms with E-state index in [0.29, 0.717) is 17.3 Å². The number of benzene rings is 1. The summed E-state index contributed by atoms with van der Waals surface area (Å²) in [6.07, 6.45) is 5.64. The number of amides is 1. The number of nitrogens with one attached hydrogen (secondary N) is 1. The Kier molecular flexibility index (Phi) is 6.19. The zero-order valence-electron chi connectivity index (χ0n) is 16.8. The second-order valence-electron chi connectivity index (χ2n) is 7.78. The van der Waals surface area contributed by atoms with Crippen molar-refractivity contribution < 1.29 is 4.79 Å². The third-order valence-electron chi connectivity index (χ3n) is 4.60. The predicted molar refractivity (Wildman–Crippen MR) is 109 cm³/mol. The van der Waals surface area contributed by atoms with Crippen LogP contribution in [0.5, 0.6) is 0 Å². The van der Waals surface area contributed by atoms with E-state index in [4.69, 9.17) is 0 Å². The Labute approximate surface area is 166 Å². The van der Waals surface area contributed by atoms with E-state index in [-0.39, 0.29) is 17.9 Å². The van der Waals surface area contributed by atoms with Gasteiger partial charge in [-0.1, -0.05) is 52.0 Å². The standard InChI is InChI=1S/C22H27N5O/c1-15(2)11-17-5-7-18(8-6-17)21(16(3)4)26-22(28)19-9-10-20(24-12-19)27-14-23-13-25-27/h5-10,12-16,21H,11H2,1-4H3,(H,26,28). The fourth-order valence-electron chi connectivity index (χ4n) is 3.17. The van der Waals surface area contributed by atoms with Gasteiger partial charge >= 0.3 is 0 Å². The van der Waals surface area contributed by atoms with Gasteiger partial charge in [-0.2, -0.15) is 5.10 Å². The molecule has 0 aliphatic carbocycles. The third kappa shape index (κ3) is 4.82. The van der Waals surface area contributed by atoms with E-state index >= 15 is 0 Å². The number of hydrogen-bond donors (Lipinski definition) is 1. The van der Waals surface area contributed by atoms with Gasteiger partial charge in [0.25, 0.3) is 5.91 Å². The number of pyridine rings is 1. The van der Waals surface area contributed by atoms with Crippen LogP contribution in [-0.2, 0) is 6.42 Å². The highest BCUT2D eigenvalue weighted by molar-refractivity contribution is 5.94. The zero-order valence-corrected chi connectivity index (χ0v) is 16.8. The zero-order chi connectivity index (χ0) is 20.1. The summed E-state index contributed by atoms with van der Waals surface area (Å²) in [5.41, 5.74) is 2.95. The summed E-state index contributed by atoms with van der Waals surface area (Å²) >= 11 is 0. The third-order valence-corrected chi connectivity index (χ3v) is 4.60. The molecule has 0 fully saturated rings. The summed E-state index contributed by atoms with van der Waals surface area (Å²) in [6.45, 7) is 8.65. The lowest BCUT2D eigenvalue weighted by molar-refractivity contribution is 0.0925. The molecule has 1 amide bonds. The maximum absolute atomic E-state index is 12.8. The molecule has 0 aliphatic heterocycles. The van der Waals surface area contributed by atoms with Crippen LogP contribution in [-0.4, -0.2) is 25.7 Å². The van der Waals surface area contributed by atoms with Crippen molar-refractivity contribution in [1.29, 1.82) is 0 Å². The van der Waals surface area contributed by atoms with E-state index in [9.17, 15) is 4.79 Å². The minimum absolute atomic E-state index is 0.0596. The van der Waals surface area contributed by atoms with E-state index < -0.39 is 0 Å². The summed E-state index contributed by atoms with van der Waals surface area (Å²) in [5.74, 6) is 1.37. The van der Waals surface area contributed by atoms with Crippen molar-refractivity contribution in [1.82, 2.24) is 25.1 Å². The molecule has 6 nitrogen and oxygen atoms in total. The molecule has 0 saturated carbocycles. The van der Waals surface area contributed by atoms with Crippen LogP contribution in [0.15, 0.2) is 55.2 Å². The Morgan fingerprint density at radius 2 is 1.82 bits per heavy atom. The van der Waals surface area contributed by atoms with Crippen LogP contribution in [0.1, 0.15) is 55.2 Å². The summed E-state index contributed by atoms with van der Waals surface area (Å²) in [5, 5.41) is 7.19. The van der Waals surface area contributed by atoms with Crippen molar-refractivity contribution in [2.24, 2.45) is 11.8 Å². The molecule has 1 unspecified atom stereocenters. The van der Waals surface area contributed by atoms with Crippen LogP contribution < -0.4 is 5.32 Å². The number of aromatic nitrogens is 4. The Morgan fingerprint density at radius 1 is 1.07 bits per heavy atom. The molecule has 0 aliphatic rings. The quantitative estimate of drug-likeness (QED) is 0.676. The molecule has 2 heterocycles. The van der Waals surface area contributed by atoms with Crippen molar-refractivity contribution in [3.63, 3.8) is 0 Å². The second kappa shape index (κ2) is 8.78. The first kappa shape index (κ1) is 19.7. The largest absolute Gasteiger partial charge is 0.345 e. The summed E-state index contributed by atoms with van der Waals surface area (Å²) in [7, 11) is 0. The van der Waals surface area contributed by atoms with Gasteiger partial charge in [-0.25, -0.2) is 14.6 Å². The molecular weight excluding hydrogens is 350 g/mol. The molecule has 1 N–H and O–H groups in total. The van der Waals surface area contributed by atoms with Crippen LogP contribution in [0.2, 0.25) is 0 Å². The van der Waals surface area contributed by atoms with Crippen LogP contribution in [0.4, 0.5) is 0 Å². The van der Waals surface area contributed by atoms with Crippen molar-refractivity contribution in [3.8, 4) is 5.82 Å². The molecule has 2 aromatic heterocycles. The van der Waals surface area contributed by atoms with Crippen molar-refractivity contribution in [2.75, 3.05) is 0 Å². The van der Waals surface area contributed by atoms with Crippen LogP contribution >= 0.6 is 0 Å². The van der Waals surface area contributed by atoms with Gasteiger partial charge in [0.15, 0.2) is 5.82 Å². The predicted octanol–water partition coefficient (Wildman–Crippen LogP) is 3.99. The first-order valence-corrected chi connectivity index (χ1v) is 9.64. The fraction of sp³-hybridized carbons (Fsp3) is 0.364. The minimum atomic E-state index is -0.136. The molecule has 0 spiro atoms. The van der Waals surface area contributed by atoms with E-state index in [2.05, 4.69) is 72.3 Å². The van der Waals surface area contributed by atoms with Crippen LogP contribution in [0.25, 0.3) is 5.82 Å². The highest BCUT2D eigenvalue weighted by atomic mass is 16.1. The molecule has 1 atom stereocenters. The average molecular weight is 377 g/mol. The molecule has 28 heavy (non-hydrogen) atoms. The smallest absolute Gasteiger partial charge is 0.253 e. The molecule has 146 valence electrons. The Balaban J connectivity index is 1.72. The molecule has 6 heteroatoms. The lowest BCUT2D eigenvalue weighted by atomic mass is 9.93. The minimum Gasteiger partial charge on any atom is -0.345 e. The van der Waals surface area contributed by atoms with Gasteiger partial charge in [0.2, 0.25) is 0 Å². The van der Waals surface area contributed by atoms with E-state index in [1.54, 1.807) is 29.3 Å². The highest BCUT2D eigenvalue weighted by Crippen LogP contribution is 2.23. The highest BCUT2D eigenvalue weighted by Gasteiger charge is 2.19. The normalized spacial score (nSPS) is 12.4. The van der Waals surface area contributed by atoms with Crippen molar-refractivity contribution in [3.05, 3.63) is 71.9 Å². The molecular formula is C22H27N5O. The topological polar surface area (TPSA) is 72.7 Å². The maximum atomic E-state index is 12.8. The molecule has 1 aromatic carbocycles. The molecule has 0 saturated heterocycles. The average Bonchev–Trinajstić information content (AvgIpc) is 3.21. The van der Waals surface area contributed by atoms with E-state index in [1.165, 1.54) is 11.9 Å². The number of rotatable bonds is 7. The summed E-state index contributed by atoms with van der Waals surface area (Å²) in [6, 6.07) is 12.0. The summed E-state index contributed by atoms with van der Waals surface area (Å²) < 4.78 is 1.55. The number of nitrogens with zero attached hydrogens (tertiary/aromatic N) is 4. The van der Waals surface area contributed by atoms with Crippen LogP contribution in [0, 0.1) is 11.8 Å². The Morgan fingerprint density at radius 3 is 2.36 bits per heavy atom. The molecule has 3 aromatic rings. The van der Waals surface area contributed by atoms with Gasteiger partial charge in [0, 0.05) is 6.20 Å². The number of hydrogen-bond acceptors (Lipinski definition) is 4. The Bertz CT molecular complexity index is 884. The molecule has 0 bridgehead atoms. The maximum Gasteiger partial charge on any atom is 0.253 e. The van der Waals surface area contributed by atoms with Crippen molar-refractivity contribution in [2.45, 2.75) is 40.2 Å². The van der Waals surface area contributed by atoms with E-state index in [1.807, 2.05) is 0 Å². The van der Waals surface area contributed by atoms with E-state index in [0.717, 1.165) is 12.0 Å². The second-order valence-corrected chi connectivity index (χ2v) is 7.78. The lowest BCUT2D eigenvalue weighted by Gasteiger charge is -2.23. The molecule has 3 rings (SSSR count). The van der Waals surface area contributed by atoms with Crippen LogP contribution in [0.3, 0.4) is 0 Å². The first-order valence-electron chi connectivity index (χ1n) is 9.64. The molecule has 0 radical (unpaired) electrons. The SMILES string of the molecule is CC(C)Cc1ccc(C(NC(=O)c2ccc(-n3cncn3)nc2)C(C)C)cc1. The van der Waals surface area contributed by atoms with Gasteiger partial charge in [-0.15, -0.1) is 0 Å². The number of carbonyl (C=O) groups excluding carboxylic acids is 1. The lowest BCUT2D eigenvalue weighted by Crippen LogP contribution is -2.31. The Hall–Kier alpha value is -3.02. The first-order chi connectivity index (χ1) is 13.4. The van der Waals surface area contributed by atoms with Gasteiger partial charge in [-0.05, 0) is 41.5 Å². The summed E-state index contributed by atoms with van der Waals surface area (Å²) in [4.78, 5) is 21.0.